The first kappa shape index (κ1) is 12.1. The highest BCUT2D eigenvalue weighted by Gasteiger charge is 2.40. The summed E-state index contributed by atoms with van der Waals surface area (Å²) in [6.45, 7) is 3.43. The smallest absolute Gasteiger partial charge is 0.162 e. The number of aliphatic hydroxyl groups excluding tert-OH is 1. The minimum Gasteiger partial charge on any atom is -0.490 e. The Morgan fingerprint density at radius 2 is 1.89 bits per heavy atom. The standard InChI is InChI=1S/C14H17ClO3/c1-8-5-9(8)14(16)10-6-12-13(7-11(10)15)18-4-2-3-17-12/h6-9,14,16H,2-5H2,1H3. The van der Waals surface area contributed by atoms with Gasteiger partial charge in [-0.25, -0.2) is 0 Å². The van der Waals surface area contributed by atoms with Gasteiger partial charge in [0.2, 0.25) is 0 Å². The van der Waals surface area contributed by atoms with E-state index in [9.17, 15) is 5.11 Å². The van der Waals surface area contributed by atoms with Gasteiger partial charge in [0.1, 0.15) is 0 Å². The van der Waals surface area contributed by atoms with Crippen LogP contribution in [0.3, 0.4) is 0 Å². The van der Waals surface area contributed by atoms with Crippen molar-refractivity contribution in [2.45, 2.75) is 25.9 Å². The Hall–Kier alpha value is -0.930. The molecule has 0 amide bonds. The lowest BCUT2D eigenvalue weighted by Gasteiger charge is -2.15. The zero-order chi connectivity index (χ0) is 12.7. The first-order valence-electron chi connectivity index (χ1n) is 6.44. The molecule has 3 unspecified atom stereocenters. The molecule has 2 aliphatic rings. The number of halogens is 1. The summed E-state index contributed by atoms with van der Waals surface area (Å²) in [5.41, 5.74) is 0.760. The van der Waals surface area contributed by atoms with Crippen LogP contribution in [-0.4, -0.2) is 18.3 Å². The monoisotopic (exact) mass is 268 g/mol. The summed E-state index contributed by atoms with van der Waals surface area (Å²) < 4.78 is 11.2. The maximum Gasteiger partial charge on any atom is 0.162 e. The van der Waals surface area contributed by atoms with Crippen molar-refractivity contribution in [2.75, 3.05) is 13.2 Å². The summed E-state index contributed by atoms with van der Waals surface area (Å²) in [6, 6.07) is 3.59. The molecule has 1 heterocycles. The first-order valence-corrected chi connectivity index (χ1v) is 6.81. The Bertz CT molecular complexity index is 461. The highest BCUT2D eigenvalue weighted by atomic mass is 35.5. The summed E-state index contributed by atoms with van der Waals surface area (Å²) in [5.74, 6) is 2.27. The van der Waals surface area contributed by atoms with E-state index in [1.54, 1.807) is 6.07 Å². The van der Waals surface area contributed by atoms with Gasteiger partial charge < -0.3 is 14.6 Å². The van der Waals surface area contributed by atoms with Gasteiger partial charge in [-0.2, -0.15) is 0 Å². The zero-order valence-electron chi connectivity index (χ0n) is 10.4. The van der Waals surface area contributed by atoms with Gasteiger partial charge >= 0.3 is 0 Å². The number of rotatable bonds is 2. The van der Waals surface area contributed by atoms with E-state index in [0.717, 1.165) is 18.4 Å². The summed E-state index contributed by atoms with van der Waals surface area (Å²) in [6.07, 6.45) is 1.43. The van der Waals surface area contributed by atoms with Crippen molar-refractivity contribution in [1.82, 2.24) is 0 Å². The largest absolute Gasteiger partial charge is 0.490 e. The zero-order valence-corrected chi connectivity index (χ0v) is 11.1. The van der Waals surface area contributed by atoms with E-state index in [0.29, 0.717) is 41.6 Å². The van der Waals surface area contributed by atoms with Gasteiger partial charge in [0, 0.05) is 18.1 Å². The highest BCUT2D eigenvalue weighted by Crippen LogP contribution is 2.49. The van der Waals surface area contributed by atoms with Crippen LogP contribution in [0.25, 0.3) is 0 Å². The third-order valence-electron chi connectivity index (χ3n) is 3.76. The quantitative estimate of drug-likeness (QED) is 0.895. The summed E-state index contributed by atoms with van der Waals surface area (Å²) >= 11 is 6.23. The van der Waals surface area contributed by atoms with Crippen molar-refractivity contribution in [1.29, 1.82) is 0 Å². The summed E-state index contributed by atoms with van der Waals surface area (Å²) in [7, 11) is 0. The normalized spacial score (nSPS) is 27.5. The molecule has 98 valence electrons. The molecule has 3 atom stereocenters. The molecule has 1 fully saturated rings. The molecule has 0 spiro atoms. The van der Waals surface area contributed by atoms with Gasteiger partial charge in [0.15, 0.2) is 11.5 Å². The first-order chi connectivity index (χ1) is 8.66. The average Bonchev–Trinajstić information content (AvgIpc) is 3.10. The van der Waals surface area contributed by atoms with E-state index in [-0.39, 0.29) is 0 Å². The van der Waals surface area contributed by atoms with Crippen molar-refractivity contribution < 1.29 is 14.6 Å². The van der Waals surface area contributed by atoms with Crippen LogP contribution in [0.15, 0.2) is 12.1 Å². The van der Waals surface area contributed by atoms with E-state index in [2.05, 4.69) is 6.92 Å². The number of ether oxygens (including phenoxy) is 2. The fourth-order valence-electron chi connectivity index (χ4n) is 2.45. The maximum atomic E-state index is 10.3. The van der Waals surface area contributed by atoms with E-state index in [1.807, 2.05) is 6.07 Å². The second kappa shape index (κ2) is 4.63. The molecule has 3 rings (SSSR count). The summed E-state index contributed by atoms with van der Waals surface area (Å²) in [5, 5.41) is 10.9. The molecule has 4 heteroatoms. The predicted octanol–water partition coefficient (Wildman–Crippen LogP) is 3.19. The van der Waals surface area contributed by atoms with Crippen molar-refractivity contribution in [3.63, 3.8) is 0 Å². The molecule has 0 radical (unpaired) electrons. The van der Waals surface area contributed by atoms with Crippen LogP contribution in [0.4, 0.5) is 0 Å². The second-order valence-corrected chi connectivity index (χ2v) is 5.60. The van der Waals surface area contributed by atoms with Crippen LogP contribution in [0.1, 0.15) is 31.4 Å². The molecule has 3 nitrogen and oxygen atoms in total. The summed E-state index contributed by atoms with van der Waals surface area (Å²) in [4.78, 5) is 0. The molecule has 1 aliphatic carbocycles. The van der Waals surface area contributed by atoms with Crippen LogP contribution in [0.2, 0.25) is 5.02 Å². The number of benzene rings is 1. The Kier molecular flexibility index (Phi) is 3.12. The van der Waals surface area contributed by atoms with Gasteiger partial charge in [0.05, 0.1) is 24.3 Å². The molecular formula is C14H17ClO3. The SMILES string of the molecule is CC1CC1C(O)c1cc2c(cc1Cl)OCCCO2. The topological polar surface area (TPSA) is 38.7 Å². The van der Waals surface area contributed by atoms with Gasteiger partial charge in [0.25, 0.3) is 0 Å². The van der Waals surface area contributed by atoms with Crippen LogP contribution >= 0.6 is 11.6 Å². The molecule has 0 aromatic heterocycles. The molecule has 1 saturated carbocycles. The Labute approximate surface area is 112 Å². The third kappa shape index (κ3) is 2.17. The van der Waals surface area contributed by atoms with Crippen LogP contribution in [-0.2, 0) is 0 Å². The molecule has 1 aliphatic heterocycles. The Morgan fingerprint density at radius 3 is 2.50 bits per heavy atom. The number of aliphatic hydroxyl groups is 1. The fraction of sp³-hybridized carbons (Fsp3) is 0.571. The van der Waals surface area contributed by atoms with Gasteiger partial charge in [-0.1, -0.05) is 18.5 Å². The number of hydrogen-bond donors (Lipinski definition) is 1. The van der Waals surface area contributed by atoms with Gasteiger partial charge in [-0.05, 0) is 24.3 Å². The van der Waals surface area contributed by atoms with E-state index in [1.165, 1.54) is 0 Å². The minimum absolute atomic E-state index is 0.326. The predicted molar refractivity (Wildman–Crippen MR) is 69.3 cm³/mol. The second-order valence-electron chi connectivity index (χ2n) is 5.19. The van der Waals surface area contributed by atoms with Crippen molar-refractivity contribution in [3.05, 3.63) is 22.7 Å². The molecule has 1 aromatic rings. The van der Waals surface area contributed by atoms with Crippen molar-refractivity contribution in [3.8, 4) is 11.5 Å². The van der Waals surface area contributed by atoms with Crippen molar-refractivity contribution >= 4 is 11.6 Å². The third-order valence-corrected chi connectivity index (χ3v) is 4.09. The van der Waals surface area contributed by atoms with E-state index >= 15 is 0 Å². The molecule has 18 heavy (non-hydrogen) atoms. The molecular weight excluding hydrogens is 252 g/mol. The lowest BCUT2D eigenvalue weighted by molar-refractivity contribution is 0.148. The Balaban J connectivity index is 1.92. The highest BCUT2D eigenvalue weighted by molar-refractivity contribution is 6.31. The van der Waals surface area contributed by atoms with Crippen LogP contribution < -0.4 is 9.47 Å². The minimum atomic E-state index is -0.496. The van der Waals surface area contributed by atoms with E-state index < -0.39 is 6.10 Å². The molecule has 0 bridgehead atoms. The van der Waals surface area contributed by atoms with E-state index in [4.69, 9.17) is 21.1 Å². The Morgan fingerprint density at radius 1 is 1.28 bits per heavy atom. The number of fused-ring (bicyclic) bond motifs is 1. The van der Waals surface area contributed by atoms with Crippen LogP contribution in [0, 0.1) is 11.8 Å². The molecule has 0 saturated heterocycles. The van der Waals surface area contributed by atoms with Crippen LogP contribution in [0.5, 0.6) is 11.5 Å². The fourth-order valence-corrected chi connectivity index (χ4v) is 2.71. The van der Waals surface area contributed by atoms with Gasteiger partial charge in [-0.15, -0.1) is 0 Å². The maximum absolute atomic E-state index is 10.3. The molecule has 1 aromatic carbocycles. The lowest BCUT2D eigenvalue weighted by Crippen LogP contribution is -2.03. The van der Waals surface area contributed by atoms with Crippen molar-refractivity contribution in [2.24, 2.45) is 11.8 Å². The molecule has 1 N–H and O–H groups in total. The number of hydrogen-bond acceptors (Lipinski definition) is 3. The average molecular weight is 269 g/mol. The van der Waals surface area contributed by atoms with Gasteiger partial charge in [-0.3, -0.25) is 0 Å². The lowest BCUT2D eigenvalue weighted by atomic mass is 10.0.